The number of carbonyl (C=O) groups excluding carboxylic acids is 2. The predicted octanol–water partition coefficient (Wildman–Crippen LogP) is 4.00. The normalized spacial score (nSPS) is 10.7. The lowest BCUT2D eigenvalue weighted by Gasteiger charge is -2.03. The second-order valence-corrected chi connectivity index (χ2v) is 6.17. The molecule has 0 aliphatic rings. The van der Waals surface area contributed by atoms with E-state index in [1.807, 2.05) is 31.2 Å². The van der Waals surface area contributed by atoms with Crippen molar-refractivity contribution in [3.8, 4) is 11.3 Å². The third-order valence-corrected chi connectivity index (χ3v) is 3.84. The standard InChI is InChI=1S/C20H16ClN3O3/c1-13-5-7-16(8-6-13)23-19(25)20(26)24-22-12-17-9-10-18(27-17)14-3-2-4-15(21)11-14/h2-12H,1H3,(H,23,25)(H,24,26)/b22-12-. The molecular weight excluding hydrogens is 366 g/mol. The fraction of sp³-hybridized carbons (Fsp3) is 0.0500. The Hall–Kier alpha value is -3.38. The Labute approximate surface area is 160 Å². The Balaban J connectivity index is 1.56. The number of hydrazone groups is 1. The third kappa shape index (κ3) is 5.05. The SMILES string of the molecule is Cc1ccc(NC(=O)C(=O)N/N=C\c2ccc(-c3cccc(Cl)c3)o2)cc1. The van der Waals surface area contributed by atoms with E-state index in [-0.39, 0.29) is 0 Å². The van der Waals surface area contributed by atoms with Gasteiger partial charge < -0.3 is 9.73 Å². The predicted molar refractivity (Wildman–Crippen MR) is 105 cm³/mol. The maximum absolute atomic E-state index is 11.8. The van der Waals surface area contributed by atoms with E-state index in [1.54, 1.807) is 36.4 Å². The molecule has 3 rings (SSSR count). The van der Waals surface area contributed by atoms with E-state index in [4.69, 9.17) is 16.0 Å². The van der Waals surface area contributed by atoms with Gasteiger partial charge in [-0.15, -0.1) is 0 Å². The molecule has 0 aliphatic heterocycles. The van der Waals surface area contributed by atoms with Crippen molar-refractivity contribution in [3.63, 3.8) is 0 Å². The number of aryl methyl sites for hydroxylation is 1. The third-order valence-electron chi connectivity index (χ3n) is 3.61. The van der Waals surface area contributed by atoms with Crippen molar-refractivity contribution in [1.82, 2.24) is 5.43 Å². The summed E-state index contributed by atoms with van der Waals surface area (Å²) in [6, 6.07) is 17.8. The van der Waals surface area contributed by atoms with Gasteiger partial charge in [-0.05, 0) is 43.3 Å². The van der Waals surface area contributed by atoms with Gasteiger partial charge in [-0.3, -0.25) is 9.59 Å². The maximum atomic E-state index is 11.8. The van der Waals surface area contributed by atoms with Crippen LogP contribution < -0.4 is 10.7 Å². The van der Waals surface area contributed by atoms with Gasteiger partial charge in [0.05, 0.1) is 6.21 Å². The number of hydrogen-bond donors (Lipinski definition) is 2. The summed E-state index contributed by atoms with van der Waals surface area (Å²) in [4.78, 5) is 23.6. The second kappa shape index (κ2) is 8.33. The first-order chi connectivity index (χ1) is 13.0. The fourth-order valence-electron chi connectivity index (χ4n) is 2.25. The largest absolute Gasteiger partial charge is 0.455 e. The first-order valence-corrected chi connectivity index (χ1v) is 8.46. The number of amides is 2. The molecule has 136 valence electrons. The van der Waals surface area contributed by atoms with Crippen LogP contribution in [0.1, 0.15) is 11.3 Å². The smallest absolute Gasteiger partial charge is 0.329 e. The quantitative estimate of drug-likeness (QED) is 0.407. The number of rotatable bonds is 4. The van der Waals surface area contributed by atoms with E-state index in [9.17, 15) is 9.59 Å². The van der Waals surface area contributed by atoms with Crippen LogP contribution in [0.4, 0.5) is 5.69 Å². The molecule has 0 unspecified atom stereocenters. The van der Waals surface area contributed by atoms with Gasteiger partial charge in [-0.25, -0.2) is 5.43 Å². The number of furan rings is 1. The average molecular weight is 382 g/mol. The van der Waals surface area contributed by atoms with Crippen LogP contribution in [-0.2, 0) is 9.59 Å². The fourth-order valence-corrected chi connectivity index (χ4v) is 2.44. The van der Waals surface area contributed by atoms with Gasteiger partial charge in [0, 0.05) is 16.3 Å². The molecule has 0 atom stereocenters. The topological polar surface area (TPSA) is 83.7 Å². The van der Waals surface area contributed by atoms with E-state index in [1.165, 1.54) is 6.21 Å². The number of halogens is 1. The summed E-state index contributed by atoms with van der Waals surface area (Å²) in [5, 5.41) is 6.83. The van der Waals surface area contributed by atoms with Gasteiger partial charge in [0.25, 0.3) is 0 Å². The molecular formula is C20H16ClN3O3. The maximum Gasteiger partial charge on any atom is 0.329 e. The Bertz CT molecular complexity index is 994. The van der Waals surface area contributed by atoms with Gasteiger partial charge >= 0.3 is 11.8 Å². The van der Waals surface area contributed by atoms with E-state index < -0.39 is 11.8 Å². The minimum Gasteiger partial charge on any atom is -0.455 e. The first kappa shape index (κ1) is 18.4. The number of nitrogens with one attached hydrogen (secondary N) is 2. The highest BCUT2D eigenvalue weighted by Gasteiger charge is 2.12. The number of benzene rings is 2. The highest BCUT2D eigenvalue weighted by Crippen LogP contribution is 2.24. The molecule has 0 saturated carbocycles. The van der Waals surface area contributed by atoms with Crippen LogP contribution in [0.5, 0.6) is 0 Å². The molecule has 7 heteroatoms. The van der Waals surface area contributed by atoms with Gasteiger partial charge in [0.1, 0.15) is 11.5 Å². The second-order valence-electron chi connectivity index (χ2n) is 5.73. The minimum absolute atomic E-state index is 0.421. The Morgan fingerprint density at radius 2 is 1.81 bits per heavy atom. The summed E-state index contributed by atoms with van der Waals surface area (Å²) in [6.45, 7) is 1.93. The van der Waals surface area contributed by atoms with Crippen molar-refractivity contribution >= 4 is 35.3 Å². The highest BCUT2D eigenvalue weighted by molar-refractivity contribution is 6.39. The Kier molecular flexibility index (Phi) is 5.68. The zero-order valence-electron chi connectivity index (χ0n) is 14.4. The average Bonchev–Trinajstić information content (AvgIpc) is 3.12. The van der Waals surface area contributed by atoms with Crippen LogP contribution >= 0.6 is 11.6 Å². The molecule has 1 heterocycles. The summed E-state index contributed by atoms with van der Waals surface area (Å²) in [5.74, 6) is -0.657. The Morgan fingerprint density at radius 3 is 2.56 bits per heavy atom. The van der Waals surface area contributed by atoms with Crippen molar-refractivity contribution in [1.29, 1.82) is 0 Å². The molecule has 0 spiro atoms. The van der Waals surface area contributed by atoms with Crippen LogP contribution in [-0.4, -0.2) is 18.0 Å². The number of nitrogens with zero attached hydrogens (tertiary/aromatic N) is 1. The van der Waals surface area contributed by atoms with Crippen LogP contribution in [0.25, 0.3) is 11.3 Å². The summed E-state index contributed by atoms with van der Waals surface area (Å²) < 4.78 is 5.61. The van der Waals surface area contributed by atoms with E-state index >= 15 is 0 Å². The molecule has 3 aromatic rings. The van der Waals surface area contributed by atoms with Crippen LogP contribution in [0, 0.1) is 6.92 Å². The van der Waals surface area contributed by atoms with Crippen LogP contribution in [0.2, 0.25) is 5.02 Å². The monoisotopic (exact) mass is 381 g/mol. The zero-order chi connectivity index (χ0) is 19.2. The van der Waals surface area contributed by atoms with Crippen molar-refractivity contribution in [2.24, 2.45) is 5.10 Å². The van der Waals surface area contributed by atoms with Gasteiger partial charge in [0.2, 0.25) is 0 Å². The molecule has 0 fully saturated rings. The Morgan fingerprint density at radius 1 is 1.04 bits per heavy atom. The molecule has 2 N–H and O–H groups in total. The van der Waals surface area contributed by atoms with E-state index in [2.05, 4.69) is 15.8 Å². The highest BCUT2D eigenvalue weighted by atomic mass is 35.5. The van der Waals surface area contributed by atoms with Crippen molar-refractivity contribution in [2.75, 3.05) is 5.32 Å². The van der Waals surface area contributed by atoms with Crippen LogP contribution in [0.15, 0.2) is 70.2 Å². The van der Waals surface area contributed by atoms with E-state index in [0.717, 1.165) is 11.1 Å². The number of anilines is 1. The van der Waals surface area contributed by atoms with Gasteiger partial charge in [-0.1, -0.05) is 41.4 Å². The minimum atomic E-state index is -0.881. The van der Waals surface area contributed by atoms with Gasteiger partial charge in [0.15, 0.2) is 0 Å². The lowest BCUT2D eigenvalue weighted by molar-refractivity contribution is -0.136. The summed E-state index contributed by atoms with van der Waals surface area (Å²) in [5.41, 5.74) is 4.56. The molecule has 6 nitrogen and oxygen atoms in total. The summed E-state index contributed by atoms with van der Waals surface area (Å²) in [6.07, 6.45) is 1.31. The van der Waals surface area contributed by atoms with Crippen molar-refractivity contribution < 1.29 is 14.0 Å². The molecule has 0 saturated heterocycles. The van der Waals surface area contributed by atoms with E-state index in [0.29, 0.717) is 22.2 Å². The number of hydrogen-bond acceptors (Lipinski definition) is 4. The first-order valence-electron chi connectivity index (χ1n) is 8.08. The molecule has 0 bridgehead atoms. The molecule has 0 aliphatic carbocycles. The van der Waals surface area contributed by atoms with Crippen LogP contribution in [0.3, 0.4) is 0 Å². The molecule has 27 heavy (non-hydrogen) atoms. The lowest BCUT2D eigenvalue weighted by atomic mass is 10.2. The van der Waals surface area contributed by atoms with Gasteiger partial charge in [-0.2, -0.15) is 5.10 Å². The molecule has 2 aromatic carbocycles. The number of carbonyl (C=O) groups is 2. The van der Waals surface area contributed by atoms with Crippen molar-refractivity contribution in [3.05, 3.63) is 77.0 Å². The summed E-state index contributed by atoms with van der Waals surface area (Å²) in [7, 11) is 0. The van der Waals surface area contributed by atoms with Crippen molar-refractivity contribution in [2.45, 2.75) is 6.92 Å². The zero-order valence-corrected chi connectivity index (χ0v) is 15.2. The summed E-state index contributed by atoms with van der Waals surface area (Å²) >= 11 is 5.96. The molecule has 2 amide bonds. The molecule has 0 radical (unpaired) electrons. The molecule has 1 aromatic heterocycles. The lowest BCUT2D eigenvalue weighted by Crippen LogP contribution is -2.32.